The van der Waals surface area contributed by atoms with Crippen LogP contribution in [0.5, 0.6) is 0 Å². The molecular formula is C13H20N4OS. The molecule has 0 aromatic carbocycles. The van der Waals surface area contributed by atoms with E-state index in [1.54, 1.807) is 0 Å². The molecule has 2 fully saturated rings. The second kappa shape index (κ2) is 5.00. The molecule has 1 aromatic heterocycles. The highest BCUT2D eigenvalue weighted by atomic mass is 32.1. The van der Waals surface area contributed by atoms with Gasteiger partial charge in [-0.1, -0.05) is 6.92 Å². The van der Waals surface area contributed by atoms with Crippen molar-refractivity contribution in [1.82, 2.24) is 9.69 Å². The number of nitrogens with zero attached hydrogens (tertiary/aromatic N) is 1. The summed E-state index contributed by atoms with van der Waals surface area (Å²) >= 11 is 1.29. The lowest BCUT2D eigenvalue weighted by Crippen LogP contribution is -2.27. The molecule has 4 N–H and O–H groups in total. The zero-order chi connectivity index (χ0) is 13.4. The number of carbonyl (C=O) groups excluding carboxylic acids is 1. The Bertz CT molecular complexity index is 483. The first-order valence-corrected chi connectivity index (χ1v) is 7.73. The highest BCUT2D eigenvalue weighted by Crippen LogP contribution is 2.33. The van der Waals surface area contributed by atoms with Crippen LogP contribution in [0.25, 0.3) is 0 Å². The van der Waals surface area contributed by atoms with Gasteiger partial charge in [-0.05, 0) is 49.6 Å². The Balaban J connectivity index is 1.71. The zero-order valence-corrected chi connectivity index (χ0v) is 11.9. The van der Waals surface area contributed by atoms with Crippen LogP contribution in [-0.4, -0.2) is 22.4 Å². The van der Waals surface area contributed by atoms with Crippen molar-refractivity contribution in [2.45, 2.75) is 51.1 Å². The molecule has 2 saturated carbocycles. The van der Waals surface area contributed by atoms with Gasteiger partial charge in [0.15, 0.2) is 5.82 Å². The molecule has 1 heterocycles. The molecule has 0 aliphatic heterocycles. The number of nitrogens with one attached hydrogen (secondary N) is 2. The second-order valence-electron chi connectivity index (χ2n) is 5.78. The van der Waals surface area contributed by atoms with E-state index < -0.39 is 0 Å². The number of aromatic nitrogens is 1. The van der Waals surface area contributed by atoms with Gasteiger partial charge in [0.05, 0.1) is 0 Å². The summed E-state index contributed by atoms with van der Waals surface area (Å²) < 4.78 is 4.12. The molecule has 104 valence electrons. The fraction of sp³-hybridized carbons (Fsp3) is 0.692. The lowest BCUT2D eigenvalue weighted by molar-refractivity contribution is 0.0953. The van der Waals surface area contributed by atoms with E-state index >= 15 is 0 Å². The van der Waals surface area contributed by atoms with Crippen molar-refractivity contribution < 1.29 is 4.79 Å². The Morgan fingerprint density at radius 3 is 2.68 bits per heavy atom. The fourth-order valence-corrected chi connectivity index (χ4v) is 3.42. The van der Waals surface area contributed by atoms with Crippen LogP contribution >= 0.6 is 11.5 Å². The Morgan fingerprint density at radius 2 is 2.05 bits per heavy atom. The summed E-state index contributed by atoms with van der Waals surface area (Å²) in [4.78, 5) is 12.2. The van der Waals surface area contributed by atoms with E-state index in [4.69, 9.17) is 5.73 Å². The first kappa shape index (κ1) is 12.7. The molecule has 0 bridgehead atoms. The van der Waals surface area contributed by atoms with Gasteiger partial charge in [0.25, 0.3) is 5.91 Å². The second-order valence-corrected chi connectivity index (χ2v) is 6.55. The molecule has 0 radical (unpaired) electrons. The van der Waals surface area contributed by atoms with Gasteiger partial charge in [-0.2, -0.15) is 4.37 Å². The quantitative estimate of drug-likeness (QED) is 0.790. The molecule has 3 rings (SSSR count). The van der Waals surface area contributed by atoms with Gasteiger partial charge in [-0.3, -0.25) is 4.79 Å². The summed E-state index contributed by atoms with van der Waals surface area (Å²) in [5.74, 6) is 1.02. The molecule has 19 heavy (non-hydrogen) atoms. The van der Waals surface area contributed by atoms with Crippen LogP contribution in [0.2, 0.25) is 0 Å². The molecule has 2 aliphatic rings. The van der Waals surface area contributed by atoms with Gasteiger partial charge >= 0.3 is 0 Å². The minimum atomic E-state index is -0.0812. The lowest BCUT2D eigenvalue weighted by atomic mass is 10.1. The molecule has 1 aromatic rings. The monoisotopic (exact) mass is 280 g/mol. The molecule has 5 nitrogen and oxygen atoms in total. The highest BCUT2D eigenvalue weighted by Gasteiger charge is 2.29. The zero-order valence-electron chi connectivity index (χ0n) is 11.1. The number of rotatable bonds is 4. The predicted octanol–water partition coefficient (Wildman–Crippen LogP) is 2.22. The average molecular weight is 280 g/mol. The van der Waals surface area contributed by atoms with Crippen molar-refractivity contribution in [1.29, 1.82) is 0 Å². The maximum absolute atomic E-state index is 12.2. The van der Waals surface area contributed by atoms with Gasteiger partial charge in [0.1, 0.15) is 10.6 Å². The number of anilines is 2. The highest BCUT2D eigenvalue weighted by molar-refractivity contribution is 7.11. The molecule has 2 aliphatic carbocycles. The normalized spacial score (nSPS) is 26.4. The van der Waals surface area contributed by atoms with Crippen LogP contribution in [0.4, 0.5) is 10.8 Å². The van der Waals surface area contributed by atoms with Crippen molar-refractivity contribution in [3.05, 3.63) is 5.56 Å². The summed E-state index contributed by atoms with van der Waals surface area (Å²) in [6.07, 6.45) is 5.71. The molecule has 2 unspecified atom stereocenters. The molecule has 6 heteroatoms. The summed E-state index contributed by atoms with van der Waals surface area (Å²) in [6, 6.07) is 0.786. The van der Waals surface area contributed by atoms with Gasteiger partial charge < -0.3 is 16.4 Å². The van der Waals surface area contributed by atoms with Crippen LogP contribution in [0.15, 0.2) is 0 Å². The summed E-state index contributed by atoms with van der Waals surface area (Å²) in [7, 11) is 0. The third kappa shape index (κ3) is 2.83. The van der Waals surface area contributed by atoms with Crippen LogP contribution < -0.4 is 16.4 Å². The van der Waals surface area contributed by atoms with Crippen LogP contribution in [0, 0.1) is 5.92 Å². The van der Waals surface area contributed by atoms with Crippen molar-refractivity contribution in [3.8, 4) is 0 Å². The van der Waals surface area contributed by atoms with E-state index in [0.29, 0.717) is 23.5 Å². The van der Waals surface area contributed by atoms with Gasteiger partial charge in [-0.25, -0.2) is 0 Å². The topological polar surface area (TPSA) is 80.0 Å². The molecule has 0 spiro atoms. The Labute approximate surface area is 117 Å². The van der Waals surface area contributed by atoms with Crippen LogP contribution in [-0.2, 0) is 0 Å². The molecule has 0 saturated heterocycles. The van der Waals surface area contributed by atoms with Gasteiger partial charge in [0.2, 0.25) is 0 Å². The predicted molar refractivity (Wildman–Crippen MR) is 77.4 cm³/mol. The number of carbonyl (C=O) groups is 1. The summed E-state index contributed by atoms with van der Waals surface area (Å²) in [5, 5.41) is 7.26. The van der Waals surface area contributed by atoms with Gasteiger partial charge in [0, 0.05) is 12.1 Å². The molecule has 2 atom stereocenters. The fourth-order valence-electron chi connectivity index (χ4n) is 2.63. The van der Waals surface area contributed by atoms with Crippen molar-refractivity contribution in [2.24, 2.45) is 5.92 Å². The minimum Gasteiger partial charge on any atom is -0.382 e. The third-order valence-electron chi connectivity index (χ3n) is 3.89. The Morgan fingerprint density at radius 1 is 1.32 bits per heavy atom. The van der Waals surface area contributed by atoms with E-state index in [1.165, 1.54) is 18.0 Å². The van der Waals surface area contributed by atoms with E-state index in [9.17, 15) is 4.79 Å². The smallest absolute Gasteiger partial charge is 0.258 e. The maximum atomic E-state index is 12.2. The number of nitrogens with two attached hydrogens (primary N) is 1. The van der Waals surface area contributed by atoms with Gasteiger partial charge in [-0.15, -0.1) is 0 Å². The van der Waals surface area contributed by atoms with Crippen molar-refractivity contribution >= 4 is 28.3 Å². The molecular weight excluding hydrogens is 260 g/mol. The van der Waals surface area contributed by atoms with E-state index in [0.717, 1.165) is 36.6 Å². The number of hydrogen-bond donors (Lipinski definition) is 3. The average Bonchev–Trinajstić information content (AvgIpc) is 2.96. The Hall–Kier alpha value is -1.30. The van der Waals surface area contributed by atoms with Crippen molar-refractivity contribution in [2.75, 3.05) is 11.1 Å². The van der Waals surface area contributed by atoms with E-state index in [1.807, 2.05) is 0 Å². The van der Waals surface area contributed by atoms with Crippen LogP contribution in [0.1, 0.15) is 49.4 Å². The SMILES string of the molecule is CC1CCC(Nc2snc(N)c2C(=O)NC2CC2)C1. The standard InChI is InChI=1S/C13H20N4OS/c1-7-2-3-9(6-7)16-13-10(11(14)17-19-13)12(18)15-8-4-5-8/h7-9,16H,2-6H2,1H3,(H2,14,17)(H,15,18). The summed E-state index contributed by atoms with van der Waals surface area (Å²) in [6.45, 7) is 2.27. The number of hydrogen-bond acceptors (Lipinski definition) is 5. The van der Waals surface area contributed by atoms with Crippen LogP contribution in [0.3, 0.4) is 0 Å². The largest absolute Gasteiger partial charge is 0.382 e. The van der Waals surface area contributed by atoms with E-state index in [-0.39, 0.29) is 5.91 Å². The lowest BCUT2D eigenvalue weighted by Gasteiger charge is -2.13. The minimum absolute atomic E-state index is 0.0812. The number of amides is 1. The van der Waals surface area contributed by atoms with E-state index in [2.05, 4.69) is 21.9 Å². The number of nitrogen functional groups attached to an aromatic ring is 1. The maximum Gasteiger partial charge on any atom is 0.258 e. The first-order chi connectivity index (χ1) is 9.13. The van der Waals surface area contributed by atoms with Crippen molar-refractivity contribution in [3.63, 3.8) is 0 Å². The summed E-state index contributed by atoms with van der Waals surface area (Å²) in [5.41, 5.74) is 6.38. The first-order valence-electron chi connectivity index (χ1n) is 6.96. The Kier molecular flexibility index (Phi) is 3.35. The molecule has 1 amide bonds. The third-order valence-corrected chi connectivity index (χ3v) is 4.68.